The lowest BCUT2D eigenvalue weighted by Crippen LogP contribution is -2.61. The average molecular weight is 995 g/mol. The van der Waals surface area contributed by atoms with Gasteiger partial charge in [-0.25, -0.2) is 0 Å². The number of rotatable bonds is 10. The summed E-state index contributed by atoms with van der Waals surface area (Å²) in [5.74, 6) is 0.338. The van der Waals surface area contributed by atoms with E-state index in [-0.39, 0.29) is 6.71 Å². The molecule has 368 valence electrons. The lowest BCUT2D eigenvalue weighted by molar-refractivity contribution is 0.869. The van der Waals surface area contributed by atoms with Crippen LogP contribution in [0.4, 0.5) is 34.1 Å². The Hall–Kier alpha value is -9.70. The van der Waals surface area contributed by atoms with Crippen LogP contribution in [0.3, 0.4) is 0 Å². The van der Waals surface area contributed by atoms with Gasteiger partial charge in [0.1, 0.15) is 0 Å². The third kappa shape index (κ3) is 8.06. The number of benzene rings is 12. The molecule has 0 unspecified atom stereocenters. The minimum atomic E-state index is -0.166. The highest BCUT2D eigenvalue weighted by molar-refractivity contribution is 7.00. The number of fused-ring (bicyclic) bond motifs is 4. The smallest absolute Gasteiger partial charge is 0.252 e. The fourth-order valence-corrected chi connectivity index (χ4v) is 12.5. The molecule has 78 heavy (non-hydrogen) atoms. The molecular weight excluding hydrogens is 940 g/mol. The van der Waals surface area contributed by atoms with Gasteiger partial charge in [-0.3, -0.25) is 0 Å². The summed E-state index contributed by atoms with van der Waals surface area (Å²) in [7, 11) is 0. The van der Waals surface area contributed by atoms with Gasteiger partial charge in [-0.05, 0) is 108 Å². The molecule has 0 atom stereocenters. The molecule has 2 heterocycles. The first-order valence-corrected chi connectivity index (χ1v) is 27.3. The topological polar surface area (TPSA) is 6.48 Å². The van der Waals surface area contributed by atoms with E-state index in [1.54, 1.807) is 0 Å². The molecule has 2 aliphatic rings. The zero-order chi connectivity index (χ0) is 52.1. The molecule has 12 aromatic rings. The van der Waals surface area contributed by atoms with Crippen molar-refractivity contribution < 1.29 is 0 Å². The molecule has 12 aromatic carbocycles. The second kappa shape index (κ2) is 19.8. The van der Waals surface area contributed by atoms with Gasteiger partial charge >= 0.3 is 0 Å². The number of hydrogen-bond donors (Lipinski definition) is 0. The predicted molar refractivity (Wildman–Crippen MR) is 333 cm³/mol. The number of nitrogens with zero attached hydrogens (tertiary/aromatic N) is 2. The third-order valence-electron chi connectivity index (χ3n) is 16.0. The molecule has 0 radical (unpaired) electrons. The van der Waals surface area contributed by atoms with Crippen LogP contribution in [-0.2, 0) is 0 Å². The fourth-order valence-electron chi connectivity index (χ4n) is 12.5. The van der Waals surface area contributed by atoms with Crippen molar-refractivity contribution in [2.45, 2.75) is 19.8 Å². The Kier molecular flexibility index (Phi) is 11.9. The number of anilines is 6. The van der Waals surface area contributed by atoms with Crippen molar-refractivity contribution in [3.63, 3.8) is 0 Å². The highest BCUT2D eigenvalue weighted by atomic mass is 15.2. The van der Waals surface area contributed by atoms with Crippen molar-refractivity contribution in [3.8, 4) is 77.9 Å². The summed E-state index contributed by atoms with van der Waals surface area (Å²) in [6.07, 6.45) is 0. The van der Waals surface area contributed by atoms with Crippen LogP contribution in [0, 0.1) is 0 Å². The summed E-state index contributed by atoms with van der Waals surface area (Å²) >= 11 is 0. The Morgan fingerprint density at radius 1 is 0.256 bits per heavy atom. The maximum Gasteiger partial charge on any atom is 0.252 e. The van der Waals surface area contributed by atoms with Crippen LogP contribution in [0.1, 0.15) is 25.3 Å². The van der Waals surface area contributed by atoms with Crippen LogP contribution in [-0.4, -0.2) is 6.71 Å². The Morgan fingerprint density at radius 3 is 1.00 bits per heavy atom. The van der Waals surface area contributed by atoms with Gasteiger partial charge in [-0.2, -0.15) is 0 Å². The summed E-state index contributed by atoms with van der Waals surface area (Å²) in [6, 6.07) is 108. The van der Waals surface area contributed by atoms with E-state index in [1.165, 1.54) is 44.2 Å². The highest BCUT2D eigenvalue weighted by Gasteiger charge is 2.45. The molecule has 0 amide bonds. The Morgan fingerprint density at radius 2 is 0.590 bits per heavy atom. The van der Waals surface area contributed by atoms with Crippen molar-refractivity contribution in [1.82, 2.24) is 0 Å². The first-order chi connectivity index (χ1) is 38.6. The summed E-state index contributed by atoms with van der Waals surface area (Å²) in [5.41, 5.74) is 28.5. The fraction of sp³-hybridized carbons (Fsp3) is 0.0400. The largest absolute Gasteiger partial charge is 0.310 e. The zero-order valence-electron chi connectivity index (χ0n) is 43.8. The maximum atomic E-state index is 2.64. The summed E-state index contributed by atoms with van der Waals surface area (Å²) in [6.45, 7) is 4.46. The Balaban J connectivity index is 1.18. The van der Waals surface area contributed by atoms with Crippen LogP contribution in [0.25, 0.3) is 77.9 Å². The molecule has 2 aliphatic heterocycles. The molecule has 0 fully saturated rings. The Bertz CT molecular complexity index is 4030. The molecule has 0 spiro atoms. The van der Waals surface area contributed by atoms with Crippen LogP contribution >= 0.6 is 0 Å². The molecule has 0 N–H and O–H groups in total. The van der Waals surface area contributed by atoms with Crippen molar-refractivity contribution in [2.75, 3.05) is 9.80 Å². The quantitative estimate of drug-likeness (QED) is 0.126. The molecule has 0 bridgehead atoms. The van der Waals surface area contributed by atoms with Gasteiger partial charge in [0.2, 0.25) is 0 Å². The average Bonchev–Trinajstić information content (AvgIpc) is 3.56. The van der Waals surface area contributed by atoms with E-state index in [2.05, 4.69) is 315 Å². The molecule has 14 rings (SSSR count). The lowest BCUT2D eigenvalue weighted by Gasteiger charge is -2.46. The third-order valence-corrected chi connectivity index (χ3v) is 16.0. The second-order valence-electron chi connectivity index (χ2n) is 20.9. The Labute approximate surface area is 458 Å². The van der Waals surface area contributed by atoms with E-state index in [0.29, 0.717) is 5.92 Å². The summed E-state index contributed by atoms with van der Waals surface area (Å²) in [4.78, 5) is 5.28. The van der Waals surface area contributed by atoms with Gasteiger partial charge in [0.15, 0.2) is 0 Å². The van der Waals surface area contributed by atoms with E-state index in [0.717, 1.165) is 89.8 Å². The van der Waals surface area contributed by atoms with Gasteiger partial charge in [0, 0.05) is 45.0 Å². The van der Waals surface area contributed by atoms with Crippen molar-refractivity contribution in [2.24, 2.45) is 0 Å². The summed E-state index contributed by atoms with van der Waals surface area (Å²) in [5, 5.41) is 0. The molecular formula is C75H55BN2. The van der Waals surface area contributed by atoms with E-state index in [9.17, 15) is 0 Å². The minimum Gasteiger partial charge on any atom is -0.310 e. The standard InChI is InChI=1S/C75H55BN2/c1-51(2)61-37-21-22-38-62(61)59-44-46-70-68(48-59)76-67-47-58(52-25-9-3-10-26-52)43-45-69(67)77(74-63(54-29-13-5-14-30-54)39-23-40-64(74)55-31-15-6-16-32-55)71-49-60(53-27-11-4-12-28-53)50-72(73(71)76)78(70)75-65(56-33-17-7-18-34-56)41-24-42-66(75)57-35-19-8-20-36-57/h3-51H,1-2H3. The molecule has 0 saturated carbocycles. The molecule has 0 aromatic heterocycles. The first kappa shape index (κ1) is 46.8. The van der Waals surface area contributed by atoms with Gasteiger partial charge in [0.25, 0.3) is 6.71 Å². The van der Waals surface area contributed by atoms with Crippen LogP contribution in [0.5, 0.6) is 0 Å². The van der Waals surface area contributed by atoms with Crippen molar-refractivity contribution in [1.29, 1.82) is 0 Å². The van der Waals surface area contributed by atoms with Crippen LogP contribution < -0.4 is 26.2 Å². The monoisotopic (exact) mass is 994 g/mol. The molecule has 3 heteroatoms. The normalized spacial score (nSPS) is 12.3. The van der Waals surface area contributed by atoms with Gasteiger partial charge in [-0.15, -0.1) is 0 Å². The van der Waals surface area contributed by atoms with Crippen molar-refractivity contribution >= 4 is 57.2 Å². The number of hydrogen-bond acceptors (Lipinski definition) is 2. The minimum absolute atomic E-state index is 0.166. The van der Waals surface area contributed by atoms with E-state index >= 15 is 0 Å². The van der Waals surface area contributed by atoms with Crippen molar-refractivity contribution in [3.05, 3.63) is 297 Å². The van der Waals surface area contributed by atoms with E-state index in [4.69, 9.17) is 0 Å². The molecule has 0 saturated heterocycles. The van der Waals surface area contributed by atoms with Gasteiger partial charge in [-0.1, -0.05) is 281 Å². The van der Waals surface area contributed by atoms with Gasteiger partial charge in [0.05, 0.1) is 11.4 Å². The maximum absolute atomic E-state index is 2.64. The van der Waals surface area contributed by atoms with E-state index in [1.807, 2.05) is 0 Å². The zero-order valence-corrected chi connectivity index (χ0v) is 43.8. The first-order valence-electron chi connectivity index (χ1n) is 27.3. The van der Waals surface area contributed by atoms with E-state index < -0.39 is 0 Å². The lowest BCUT2D eigenvalue weighted by atomic mass is 9.33. The second-order valence-corrected chi connectivity index (χ2v) is 20.9. The SMILES string of the molecule is CC(C)c1ccccc1-c1ccc2c(c1)B1c3cc(-c4ccccc4)ccc3N(c3c(-c4ccccc4)cccc3-c3ccccc3)c3cc(-c4ccccc4)cc(c31)N2c1c(-c2ccccc2)cccc1-c1ccccc1. The summed E-state index contributed by atoms with van der Waals surface area (Å²) < 4.78 is 0. The highest BCUT2D eigenvalue weighted by Crippen LogP contribution is 2.54. The predicted octanol–water partition coefficient (Wildman–Crippen LogP) is 18.6. The van der Waals surface area contributed by atoms with Gasteiger partial charge < -0.3 is 9.80 Å². The molecule has 2 nitrogen and oxygen atoms in total. The van der Waals surface area contributed by atoms with Crippen LogP contribution in [0.2, 0.25) is 0 Å². The number of para-hydroxylation sites is 2. The molecule has 0 aliphatic carbocycles. The van der Waals surface area contributed by atoms with Crippen LogP contribution in [0.15, 0.2) is 291 Å².